The smallest absolute Gasteiger partial charge is 0.339 e. The van der Waals surface area contributed by atoms with Crippen LogP contribution < -0.4 is 15.1 Å². The monoisotopic (exact) mass is 304 g/mol. The lowest BCUT2D eigenvalue weighted by Crippen LogP contribution is -2.21. The molecule has 1 aliphatic heterocycles. The van der Waals surface area contributed by atoms with Crippen LogP contribution >= 0.6 is 0 Å². The van der Waals surface area contributed by atoms with Gasteiger partial charge in [0.05, 0.1) is 13.7 Å². The molecule has 114 valence electrons. The second-order valence-corrected chi connectivity index (χ2v) is 4.53. The van der Waals surface area contributed by atoms with Gasteiger partial charge in [-0.25, -0.2) is 9.59 Å². The SMILES string of the molecule is COC(=O)C(CO)=C1COc2cc3oc(=O)ccc3cc2O1. The lowest BCUT2D eigenvalue weighted by molar-refractivity contribution is -0.136. The Morgan fingerprint density at radius 3 is 2.86 bits per heavy atom. The number of benzene rings is 1. The first-order valence-electron chi connectivity index (χ1n) is 6.42. The third-order valence-corrected chi connectivity index (χ3v) is 3.20. The molecule has 1 aliphatic rings. The number of aliphatic hydroxyl groups is 1. The number of esters is 1. The molecular weight excluding hydrogens is 292 g/mol. The molecule has 2 aromatic rings. The van der Waals surface area contributed by atoms with Gasteiger partial charge in [0.1, 0.15) is 17.8 Å². The van der Waals surface area contributed by atoms with E-state index in [1.807, 2.05) is 0 Å². The quantitative estimate of drug-likeness (QED) is 0.502. The van der Waals surface area contributed by atoms with Gasteiger partial charge >= 0.3 is 11.6 Å². The van der Waals surface area contributed by atoms with Gasteiger partial charge in [0, 0.05) is 17.5 Å². The summed E-state index contributed by atoms with van der Waals surface area (Å²) in [5.74, 6) is 0.236. The number of hydrogen-bond donors (Lipinski definition) is 1. The topological polar surface area (TPSA) is 95.2 Å². The van der Waals surface area contributed by atoms with Crippen molar-refractivity contribution < 1.29 is 28.5 Å². The second-order valence-electron chi connectivity index (χ2n) is 4.53. The number of aliphatic hydroxyl groups excluding tert-OH is 1. The number of hydrogen-bond acceptors (Lipinski definition) is 7. The second kappa shape index (κ2) is 5.53. The molecule has 1 aromatic heterocycles. The Kier molecular flexibility index (Phi) is 3.56. The molecule has 0 aliphatic carbocycles. The lowest BCUT2D eigenvalue weighted by Gasteiger charge is -2.22. The Bertz CT molecular complexity index is 831. The van der Waals surface area contributed by atoms with Gasteiger partial charge in [-0.2, -0.15) is 0 Å². The predicted octanol–water partition coefficient (Wildman–Crippen LogP) is 0.984. The molecule has 1 N–H and O–H groups in total. The summed E-state index contributed by atoms with van der Waals surface area (Å²) in [5, 5.41) is 9.93. The highest BCUT2D eigenvalue weighted by atomic mass is 16.6. The first kappa shape index (κ1) is 14.2. The fraction of sp³-hybridized carbons (Fsp3) is 0.200. The zero-order valence-electron chi connectivity index (χ0n) is 11.6. The average molecular weight is 304 g/mol. The molecule has 0 amide bonds. The molecule has 0 bridgehead atoms. The zero-order valence-corrected chi connectivity index (χ0v) is 11.6. The van der Waals surface area contributed by atoms with Crippen molar-refractivity contribution in [3.63, 3.8) is 0 Å². The third kappa shape index (κ3) is 2.42. The van der Waals surface area contributed by atoms with Crippen LogP contribution in [0.3, 0.4) is 0 Å². The molecule has 0 saturated heterocycles. The molecule has 0 fully saturated rings. The van der Waals surface area contributed by atoms with E-state index in [4.69, 9.17) is 13.9 Å². The van der Waals surface area contributed by atoms with Crippen molar-refractivity contribution in [2.45, 2.75) is 0 Å². The van der Waals surface area contributed by atoms with Crippen molar-refractivity contribution in [2.75, 3.05) is 20.3 Å². The van der Waals surface area contributed by atoms with Crippen molar-refractivity contribution in [2.24, 2.45) is 0 Å². The van der Waals surface area contributed by atoms with E-state index in [2.05, 4.69) is 4.74 Å². The van der Waals surface area contributed by atoms with Crippen LogP contribution in [0, 0.1) is 0 Å². The maximum atomic E-state index is 11.6. The molecule has 2 heterocycles. The van der Waals surface area contributed by atoms with E-state index in [9.17, 15) is 14.7 Å². The van der Waals surface area contributed by atoms with E-state index in [1.165, 1.54) is 13.2 Å². The number of carbonyl (C=O) groups excluding carboxylic acids is 1. The first-order valence-corrected chi connectivity index (χ1v) is 6.42. The largest absolute Gasteiger partial charge is 0.482 e. The molecule has 7 nitrogen and oxygen atoms in total. The molecular formula is C15H12O7. The van der Waals surface area contributed by atoms with Crippen LogP contribution in [-0.4, -0.2) is 31.4 Å². The van der Waals surface area contributed by atoms with Crippen LogP contribution in [0.5, 0.6) is 11.5 Å². The molecule has 0 saturated carbocycles. The predicted molar refractivity (Wildman–Crippen MR) is 74.7 cm³/mol. The third-order valence-electron chi connectivity index (χ3n) is 3.20. The minimum atomic E-state index is -0.684. The summed E-state index contributed by atoms with van der Waals surface area (Å²) in [4.78, 5) is 22.8. The summed E-state index contributed by atoms with van der Waals surface area (Å²) in [5.41, 5.74) is -0.0940. The number of methoxy groups -OCH3 is 1. The van der Waals surface area contributed by atoms with Crippen LogP contribution in [0.15, 0.2) is 44.8 Å². The summed E-state index contributed by atoms with van der Waals surface area (Å²) in [6.45, 7) is -0.566. The molecule has 3 rings (SSSR count). The maximum absolute atomic E-state index is 11.6. The lowest BCUT2D eigenvalue weighted by atomic mass is 10.2. The van der Waals surface area contributed by atoms with Gasteiger partial charge < -0.3 is 23.7 Å². The van der Waals surface area contributed by atoms with Crippen molar-refractivity contribution in [3.8, 4) is 11.5 Å². The Hall–Kier alpha value is -2.80. The highest BCUT2D eigenvalue weighted by Gasteiger charge is 2.24. The Balaban J connectivity index is 2.06. The van der Waals surface area contributed by atoms with Crippen LogP contribution in [0.4, 0.5) is 0 Å². The highest BCUT2D eigenvalue weighted by Crippen LogP contribution is 2.37. The summed E-state index contributed by atoms with van der Waals surface area (Å²) in [6, 6.07) is 6.05. The highest BCUT2D eigenvalue weighted by molar-refractivity contribution is 5.89. The fourth-order valence-electron chi connectivity index (χ4n) is 2.11. The van der Waals surface area contributed by atoms with Crippen molar-refractivity contribution >= 4 is 16.9 Å². The molecule has 0 atom stereocenters. The summed E-state index contributed by atoms with van der Waals surface area (Å²) in [6.07, 6.45) is 0. The Labute approximate surface area is 124 Å². The van der Waals surface area contributed by atoms with Gasteiger partial charge in [-0.1, -0.05) is 0 Å². The molecule has 0 spiro atoms. The summed E-state index contributed by atoms with van der Waals surface area (Å²) in [7, 11) is 1.21. The molecule has 7 heteroatoms. The van der Waals surface area contributed by atoms with Gasteiger partial charge in [-0.15, -0.1) is 0 Å². The van der Waals surface area contributed by atoms with Gasteiger partial charge in [0.25, 0.3) is 0 Å². The van der Waals surface area contributed by atoms with Gasteiger partial charge in [0.2, 0.25) is 0 Å². The molecule has 1 aromatic carbocycles. The van der Waals surface area contributed by atoms with Crippen LogP contribution in [0.1, 0.15) is 0 Å². The van der Waals surface area contributed by atoms with Gasteiger partial charge in [0.15, 0.2) is 17.3 Å². The van der Waals surface area contributed by atoms with Gasteiger partial charge in [-0.3, -0.25) is 0 Å². The number of ether oxygens (including phenoxy) is 3. The molecule has 0 radical (unpaired) electrons. The normalized spacial score (nSPS) is 15.5. The van der Waals surface area contributed by atoms with E-state index in [0.717, 1.165) is 0 Å². The fourth-order valence-corrected chi connectivity index (χ4v) is 2.11. The maximum Gasteiger partial charge on any atom is 0.339 e. The van der Waals surface area contributed by atoms with Crippen LogP contribution in [-0.2, 0) is 9.53 Å². The number of fused-ring (bicyclic) bond motifs is 2. The molecule has 0 unspecified atom stereocenters. The van der Waals surface area contributed by atoms with Crippen LogP contribution in [0.2, 0.25) is 0 Å². The minimum Gasteiger partial charge on any atom is -0.482 e. The number of rotatable bonds is 2. The first-order chi connectivity index (χ1) is 10.6. The van der Waals surface area contributed by atoms with Gasteiger partial charge in [-0.05, 0) is 12.1 Å². The standard InChI is InChI=1S/C15H12O7/c1-19-15(18)9(6-16)13-7-20-11-5-10-8(4-12(11)21-13)2-3-14(17)22-10/h2-5,16H,6-7H2,1H3. The summed E-state index contributed by atoms with van der Waals surface area (Å²) < 4.78 is 20.8. The molecule has 22 heavy (non-hydrogen) atoms. The van der Waals surface area contributed by atoms with Crippen molar-refractivity contribution in [1.82, 2.24) is 0 Å². The van der Waals surface area contributed by atoms with Crippen molar-refractivity contribution in [1.29, 1.82) is 0 Å². The zero-order chi connectivity index (χ0) is 15.7. The average Bonchev–Trinajstić information content (AvgIpc) is 2.53. The Morgan fingerprint density at radius 1 is 1.32 bits per heavy atom. The van der Waals surface area contributed by atoms with E-state index in [-0.39, 0.29) is 17.9 Å². The van der Waals surface area contributed by atoms with Crippen molar-refractivity contribution in [3.05, 3.63) is 46.0 Å². The summed E-state index contributed by atoms with van der Waals surface area (Å²) >= 11 is 0. The van der Waals surface area contributed by atoms with E-state index in [0.29, 0.717) is 22.5 Å². The minimum absolute atomic E-state index is 0.00663. The Morgan fingerprint density at radius 2 is 2.14 bits per heavy atom. The van der Waals surface area contributed by atoms with E-state index >= 15 is 0 Å². The number of carbonyl (C=O) groups is 1. The van der Waals surface area contributed by atoms with Crippen LogP contribution in [0.25, 0.3) is 11.0 Å². The van der Waals surface area contributed by atoms with E-state index < -0.39 is 18.2 Å². The van der Waals surface area contributed by atoms with E-state index in [1.54, 1.807) is 18.2 Å².